The van der Waals surface area contributed by atoms with E-state index in [-0.39, 0.29) is 0 Å². The van der Waals surface area contributed by atoms with Gasteiger partial charge in [-0.05, 0) is 86.8 Å². The van der Waals surface area contributed by atoms with Gasteiger partial charge in [0.15, 0.2) is 0 Å². The lowest BCUT2D eigenvalue weighted by atomic mass is 9.67. The Morgan fingerprint density at radius 1 is 0.381 bits per heavy atom. The van der Waals surface area contributed by atoms with E-state index >= 15 is 0 Å². The fourth-order valence-corrected chi connectivity index (χ4v) is 10.2. The van der Waals surface area contributed by atoms with E-state index in [1.165, 1.54) is 33.4 Å². The van der Waals surface area contributed by atoms with E-state index in [0.29, 0.717) is 0 Å². The van der Waals surface area contributed by atoms with Gasteiger partial charge >= 0.3 is 0 Å². The number of benzene rings is 9. The molecular formula is C60H41N3. The molecule has 0 fully saturated rings. The van der Waals surface area contributed by atoms with Crippen molar-refractivity contribution in [2.24, 2.45) is 0 Å². The molecule has 0 N–H and O–H groups in total. The first-order valence-electron chi connectivity index (χ1n) is 21.6. The van der Waals surface area contributed by atoms with Crippen LogP contribution in [0.3, 0.4) is 0 Å². The van der Waals surface area contributed by atoms with Gasteiger partial charge in [-0.3, -0.25) is 0 Å². The largest absolute Gasteiger partial charge is 0.310 e. The highest BCUT2D eigenvalue weighted by molar-refractivity contribution is 6.10. The van der Waals surface area contributed by atoms with Crippen molar-refractivity contribution in [2.45, 2.75) is 5.41 Å². The summed E-state index contributed by atoms with van der Waals surface area (Å²) < 4.78 is 2.18. The van der Waals surface area contributed by atoms with Crippen LogP contribution in [0.5, 0.6) is 0 Å². The highest BCUT2D eigenvalue weighted by Gasteiger charge is 2.46. The van der Waals surface area contributed by atoms with Crippen LogP contribution in [0.1, 0.15) is 22.3 Å². The zero-order valence-electron chi connectivity index (χ0n) is 34.5. The summed E-state index contributed by atoms with van der Waals surface area (Å²) in [6, 6.07) is 90.1. The zero-order chi connectivity index (χ0) is 41.7. The van der Waals surface area contributed by atoms with Crippen molar-refractivity contribution in [1.82, 2.24) is 9.61 Å². The SMILES string of the molecule is c1ccc(-c2nn3c(-c4ccccc4)cc4ccc(N(c5ccccc5)c5ccc6c(c5)C(c5ccccc5)(c5ccccc5)c5ccccc5-6)cc4c3c2-c2ccccc2)cc1. The topological polar surface area (TPSA) is 20.5 Å². The molecule has 63 heavy (non-hydrogen) atoms. The molecule has 0 saturated heterocycles. The van der Waals surface area contributed by atoms with Gasteiger partial charge in [0, 0.05) is 39.1 Å². The molecule has 1 aliphatic carbocycles. The first-order chi connectivity index (χ1) is 31.3. The summed E-state index contributed by atoms with van der Waals surface area (Å²) in [5, 5.41) is 7.78. The van der Waals surface area contributed by atoms with Crippen molar-refractivity contribution >= 4 is 33.4 Å². The van der Waals surface area contributed by atoms with E-state index in [0.717, 1.165) is 67.0 Å². The van der Waals surface area contributed by atoms with Crippen molar-refractivity contribution in [1.29, 1.82) is 0 Å². The first kappa shape index (κ1) is 36.6. The molecule has 2 heterocycles. The fourth-order valence-electron chi connectivity index (χ4n) is 10.2. The Labute approximate surface area is 367 Å². The molecule has 9 aromatic carbocycles. The molecule has 0 amide bonds. The van der Waals surface area contributed by atoms with E-state index in [9.17, 15) is 0 Å². The maximum absolute atomic E-state index is 5.51. The minimum absolute atomic E-state index is 0.522. The number of para-hydroxylation sites is 1. The molecule has 0 spiro atoms. The predicted molar refractivity (Wildman–Crippen MR) is 261 cm³/mol. The summed E-state index contributed by atoms with van der Waals surface area (Å²) in [5.74, 6) is 0. The van der Waals surface area contributed by atoms with Gasteiger partial charge in [-0.15, -0.1) is 0 Å². The standard InChI is InChI=1S/C60H41N3/c1-7-21-42(22-8-1)56-39-45-35-36-49(40-53(45)59-57(43-23-9-2-10-24-43)58(61-63(56)59)44-25-11-3-12-26-44)62(48-31-17-6-18-32-48)50-37-38-52-51-33-19-20-34-54(51)60(55(52)41-50,46-27-13-4-14-28-46)47-29-15-5-16-30-47/h1-41H. The highest BCUT2D eigenvalue weighted by atomic mass is 15.2. The molecule has 0 radical (unpaired) electrons. The predicted octanol–water partition coefficient (Wildman–Crippen LogP) is 15.3. The van der Waals surface area contributed by atoms with Gasteiger partial charge in [-0.2, -0.15) is 5.10 Å². The summed E-state index contributed by atoms with van der Waals surface area (Å²) >= 11 is 0. The molecule has 1 aliphatic rings. The second-order valence-electron chi connectivity index (χ2n) is 16.3. The van der Waals surface area contributed by atoms with Crippen LogP contribution in [0.2, 0.25) is 0 Å². The van der Waals surface area contributed by atoms with Crippen molar-refractivity contribution in [3.63, 3.8) is 0 Å². The Morgan fingerprint density at radius 3 is 1.54 bits per heavy atom. The highest BCUT2D eigenvalue weighted by Crippen LogP contribution is 2.57. The number of hydrogen-bond donors (Lipinski definition) is 0. The summed E-state index contributed by atoms with van der Waals surface area (Å²) in [5.41, 5.74) is 17.8. The maximum atomic E-state index is 5.51. The number of pyridine rings is 1. The van der Waals surface area contributed by atoms with Gasteiger partial charge in [0.2, 0.25) is 0 Å². The van der Waals surface area contributed by atoms with E-state index in [2.05, 4.69) is 258 Å². The van der Waals surface area contributed by atoms with E-state index in [1.54, 1.807) is 0 Å². The van der Waals surface area contributed by atoms with Crippen LogP contribution >= 0.6 is 0 Å². The fraction of sp³-hybridized carbons (Fsp3) is 0.0167. The maximum Gasteiger partial charge on any atom is 0.101 e. The molecule has 2 aromatic heterocycles. The third-order valence-electron chi connectivity index (χ3n) is 12.8. The lowest BCUT2D eigenvalue weighted by molar-refractivity contribution is 0.768. The number of hydrogen-bond acceptors (Lipinski definition) is 2. The Bertz CT molecular complexity index is 3380. The molecule has 0 atom stereocenters. The molecule has 12 rings (SSSR count). The van der Waals surface area contributed by atoms with Gasteiger partial charge in [-0.25, -0.2) is 4.52 Å². The van der Waals surface area contributed by atoms with Gasteiger partial charge < -0.3 is 4.90 Å². The zero-order valence-corrected chi connectivity index (χ0v) is 34.5. The quantitative estimate of drug-likeness (QED) is 0.153. The third-order valence-corrected chi connectivity index (χ3v) is 12.8. The summed E-state index contributed by atoms with van der Waals surface area (Å²) in [6.45, 7) is 0. The first-order valence-corrected chi connectivity index (χ1v) is 21.6. The number of rotatable bonds is 8. The average molecular weight is 804 g/mol. The minimum atomic E-state index is -0.522. The minimum Gasteiger partial charge on any atom is -0.310 e. The Hall–Kier alpha value is -8.27. The van der Waals surface area contributed by atoms with Crippen LogP contribution in [0, 0.1) is 0 Å². The Morgan fingerprint density at radius 2 is 0.889 bits per heavy atom. The van der Waals surface area contributed by atoms with E-state index in [1.807, 2.05) is 0 Å². The lowest BCUT2D eigenvalue weighted by Gasteiger charge is -2.35. The van der Waals surface area contributed by atoms with E-state index < -0.39 is 5.41 Å². The number of nitrogens with zero attached hydrogens (tertiary/aromatic N) is 3. The van der Waals surface area contributed by atoms with Gasteiger partial charge in [0.05, 0.1) is 16.6 Å². The Kier molecular flexibility index (Phi) is 8.72. The number of aromatic nitrogens is 2. The van der Waals surface area contributed by atoms with E-state index in [4.69, 9.17) is 5.10 Å². The van der Waals surface area contributed by atoms with Crippen molar-refractivity contribution in [2.75, 3.05) is 4.90 Å². The monoisotopic (exact) mass is 803 g/mol. The third kappa shape index (κ3) is 5.85. The molecule has 296 valence electrons. The Balaban J connectivity index is 1.14. The molecule has 3 nitrogen and oxygen atoms in total. The van der Waals surface area contributed by atoms with Crippen LogP contribution < -0.4 is 4.90 Å². The van der Waals surface area contributed by atoms with Crippen LogP contribution in [0.15, 0.2) is 249 Å². The van der Waals surface area contributed by atoms with Crippen LogP contribution in [-0.4, -0.2) is 9.61 Å². The molecule has 0 saturated carbocycles. The smallest absolute Gasteiger partial charge is 0.101 e. The molecule has 3 heteroatoms. The number of anilines is 3. The summed E-state index contributed by atoms with van der Waals surface area (Å²) in [6.07, 6.45) is 0. The average Bonchev–Trinajstić information content (AvgIpc) is 3.91. The normalized spacial score (nSPS) is 12.6. The molecule has 0 bridgehead atoms. The van der Waals surface area contributed by atoms with Crippen LogP contribution in [0.25, 0.3) is 61.1 Å². The molecule has 11 aromatic rings. The van der Waals surface area contributed by atoms with Gasteiger partial charge in [-0.1, -0.05) is 206 Å². The molecular weight excluding hydrogens is 763 g/mol. The lowest BCUT2D eigenvalue weighted by Crippen LogP contribution is -2.28. The number of fused-ring (bicyclic) bond motifs is 6. The van der Waals surface area contributed by atoms with Crippen LogP contribution in [0.4, 0.5) is 17.1 Å². The van der Waals surface area contributed by atoms with Gasteiger partial charge in [0.25, 0.3) is 0 Å². The van der Waals surface area contributed by atoms with Crippen LogP contribution in [-0.2, 0) is 5.41 Å². The second-order valence-corrected chi connectivity index (χ2v) is 16.3. The summed E-state index contributed by atoms with van der Waals surface area (Å²) in [7, 11) is 0. The van der Waals surface area contributed by atoms with Crippen molar-refractivity contribution in [3.8, 4) is 44.8 Å². The molecule has 0 aliphatic heterocycles. The van der Waals surface area contributed by atoms with Crippen molar-refractivity contribution < 1.29 is 0 Å². The summed E-state index contributed by atoms with van der Waals surface area (Å²) in [4.78, 5) is 2.42. The van der Waals surface area contributed by atoms with Crippen molar-refractivity contribution in [3.05, 3.63) is 271 Å². The second kappa shape index (κ2) is 15.0. The molecule has 0 unspecified atom stereocenters. The van der Waals surface area contributed by atoms with Gasteiger partial charge in [0.1, 0.15) is 5.69 Å².